The number of carbonyl (C=O) groups is 1. The quantitative estimate of drug-likeness (QED) is 0.503. The number of hydrogen-bond acceptors (Lipinski definition) is 4. The molecule has 0 unspecified atom stereocenters. The van der Waals surface area contributed by atoms with Gasteiger partial charge in [-0.15, -0.1) is 0 Å². The van der Waals surface area contributed by atoms with Crippen molar-refractivity contribution in [2.75, 3.05) is 11.9 Å². The predicted molar refractivity (Wildman–Crippen MR) is 98.3 cm³/mol. The molecule has 132 valence electrons. The molecule has 0 heterocycles. The summed E-state index contributed by atoms with van der Waals surface area (Å²) >= 11 is 18.2. The Morgan fingerprint density at radius 1 is 1.16 bits per heavy atom. The third-order valence-electron chi connectivity index (χ3n) is 3.12. The smallest absolute Gasteiger partial charge is 0.271 e. The summed E-state index contributed by atoms with van der Waals surface area (Å²) in [6, 6.07) is 6.59. The van der Waals surface area contributed by atoms with Crippen LogP contribution in [0.5, 0.6) is 5.75 Å². The molecular weight excluding hydrogens is 391 g/mol. The molecule has 0 aromatic heterocycles. The van der Waals surface area contributed by atoms with E-state index in [1.54, 1.807) is 0 Å². The highest BCUT2D eigenvalue weighted by molar-refractivity contribution is 6.38. The molecule has 6 nitrogen and oxygen atoms in total. The lowest BCUT2D eigenvalue weighted by molar-refractivity contribution is -0.384. The normalized spacial score (nSPS) is 10.4. The summed E-state index contributed by atoms with van der Waals surface area (Å²) in [7, 11) is 0. The molecule has 0 radical (unpaired) electrons. The van der Waals surface area contributed by atoms with E-state index in [1.807, 2.05) is 6.92 Å². The Hall–Kier alpha value is -2.02. The largest absolute Gasteiger partial charge is 0.490 e. The van der Waals surface area contributed by atoms with Crippen LogP contribution in [-0.2, 0) is 0 Å². The number of amides is 1. The zero-order valence-electron chi connectivity index (χ0n) is 13.0. The molecule has 0 atom stereocenters. The maximum Gasteiger partial charge on any atom is 0.271 e. The van der Waals surface area contributed by atoms with Gasteiger partial charge in [0, 0.05) is 17.7 Å². The van der Waals surface area contributed by atoms with Crippen LogP contribution >= 0.6 is 34.8 Å². The Bertz CT molecular complexity index is 804. The number of ether oxygens (including phenoxy) is 1. The summed E-state index contributed by atoms with van der Waals surface area (Å²) in [4.78, 5) is 22.5. The first-order valence-corrected chi connectivity index (χ1v) is 8.34. The van der Waals surface area contributed by atoms with Crippen LogP contribution < -0.4 is 10.1 Å². The van der Waals surface area contributed by atoms with E-state index in [0.717, 1.165) is 12.5 Å². The summed E-state index contributed by atoms with van der Waals surface area (Å²) in [5, 5.41) is 13.7. The van der Waals surface area contributed by atoms with Crippen molar-refractivity contribution in [2.45, 2.75) is 13.3 Å². The van der Waals surface area contributed by atoms with E-state index in [9.17, 15) is 14.9 Å². The second-order valence-corrected chi connectivity index (χ2v) is 6.21. The monoisotopic (exact) mass is 402 g/mol. The number of benzene rings is 2. The summed E-state index contributed by atoms with van der Waals surface area (Å²) in [6.07, 6.45) is 0.785. The third kappa shape index (κ3) is 4.75. The average Bonchev–Trinajstić information content (AvgIpc) is 2.55. The van der Waals surface area contributed by atoms with Crippen LogP contribution in [0.3, 0.4) is 0 Å². The fourth-order valence-electron chi connectivity index (χ4n) is 1.95. The first-order chi connectivity index (χ1) is 11.8. The van der Waals surface area contributed by atoms with E-state index in [-0.39, 0.29) is 32.0 Å². The van der Waals surface area contributed by atoms with Gasteiger partial charge in [0.1, 0.15) is 0 Å². The Kier molecular flexibility index (Phi) is 6.47. The number of nitrogens with zero attached hydrogens (tertiary/aromatic N) is 1. The summed E-state index contributed by atoms with van der Waals surface area (Å²) in [5.74, 6) is -0.198. The van der Waals surface area contributed by atoms with Gasteiger partial charge in [-0.05, 0) is 24.6 Å². The molecule has 0 aliphatic heterocycles. The first-order valence-electron chi connectivity index (χ1n) is 7.20. The van der Waals surface area contributed by atoms with Gasteiger partial charge < -0.3 is 10.1 Å². The molecule has 1 N–H and O–H groups in total. The van der Waals surface area contributed by atoms with Crippen LogP contribution in [-0.4, -0.2) is 17.4 Å². The molecular formula is C16H13Cl3N2O4. The zero-order chi connectivity index (χ0) is 18.6. The Labute approximate surface area is 158 Å². The molecule has 0 bridgehead atoms. The number of nitro benzene ring substituents is 1. The Morgan fingerprint density at radius 3 is 2.32 bits per heavy atom. The number of rotatable bonds is 6. The second kappa shape index (κ2) is 8.38. The van der Waals surface area contributed by atoms with Gasteiger partial charge >= 0.3 is 0 Å². The predicted octanol–water partition coefficient (Wildman–Crippen LogP) is 5.60. The van der Waals surface area contributed by atoms with Gasteiger partial charge in [-0.25, -0.2) is 0 Å². The summed E-state index contributed by atoms with van der Waals surface area (Å²) in [6.45, 7) is 2.39. The van der Waals surface area contributed by atoms with Crippen molar-refractivity contribution >= 4 is 52.1 Å². The molecule has 9 heteroatoms. The first kappa shape index (κ1) is 19.3. The van der Waals surface area contributed by atoms with Crippen LogP contribution in [0.25, 0.3) is 0 Å². The van der Waals surface area contributed by atoms with Crippen molar-refractivity contribution in [2.24, 2.45) is 0 Å². The number of non-ortho nitro benzene ring substituents is 1. The zero-order valence-corrected chi connectivity index (χ0v) is 15.3. The number of halogens is 3. The van der Waals surface area contributed by atoms with Crippen LogP contribution in [0.1, 0.15) is 23.7 Å². The van der Waals surface area contributed by atoms with E-state index in [4.69, 9.17) is 39.5 Å². The highest BCUT2D eigenvalue weighted by atomic mass is 35.5. The molecule has 25 heavy (non-hydrogen) atoms. The van der Waals surface area contributed by atoms with E-state index < -0.39 is 10.8 Å². The average molecular weight is 404 g/mol. The number of nitro groups is 1. The maximum atomic E-state index is 12.4. The fourth-order valence-corrected chi connectivity index (χ4v) is 2.76. The minimum absolute atomic E-state index is 0.0441. The van der Waals surface area contributed by atoms with Crippen LogP contribution in [0.4, 0.5) is 11.4 Å². The van der Waals surface area contributed by atoms with E-state index in [1.165, 1.54) is 24.3 Å². The summed E-state index contributed by atoms with van der Waals surface area (Å²) < 4.78 is 5.44. The van der Waals surface area contributed by atoms with Gasteiger partial charge in [-0.3, -0.25) is 14.9 Å². The number of nitrogens with one attached hydrogen (secondary N) is 1. The minimum Gasteiger partial charge on any atom is -0.490 e. The second-order valence-electron chi connectivity index (χ2n) is 4.99. The van der Waals surface area contributed by atoms with Crippen molar-refractivity contribution in [1.82, 2.24) is 0 Å². The Balaban J connectivity index is 2.22. The molecule has 0 spiro atoms. The molecule has 2 aromatic carbocycles. The van der Waals surface area contributed by atoms with Gasteiger partial charge in [0.15, 0.2) is 5.75 Å². The number of hydrogen-bond donors (Lipinski definition) is 1. The lowest BCUT2D eigenvalue weighted by Crippen LogP contribution is -2.12. The van der Waals surface area contributed by atoms with Crippen LogP contribution in [0.15, 0.2) is 30.3 Å². The van der Waals surface area contributed by atoms with Crippen molar-refractivity contribution in [3.8, 4) is 5.75 Å². The number of carbonyl (C=O) groups excluding carboxylic acids is 1. The van der Waals surface area contributed by atoms with Crippen molar-refractivity contribution in [3.05, 3.63) is 61.1 Å². The molecule has 0 fully saturated rings. The van der Waals surface area contributed by atoms with Crippen molar-refractivity contribution < 1.29 is 14.5 Å². The molecule has 0 aliphatic carbocycles. The lowest BCUT2D eigenvalue weighted by atomic mass is 10.2. The molecule has 2 aromatic rings. The van der Waals surface area contributed by atoms with Gasteiger partial charge in [-0.2, -0.15) is 0 Å². The number of anilines is 1. The van der Waals surface area contributed by atoms with E-state index in [2.05, 4.69) is 5.32 Å². The van der Waals surface area contributed by atoms with Gasteiger partial charge in [-0.1, -0.05) is 41.7 Å². The van der Waals surface area contributed by atoms with Gasteiger partial charge in [0.05, 0.1) is 32.3 Å². The van der Waals surface area contributed by atoms with E-state index >= 15 is 0 Å². The maximum absolute atomic E-state index is 12.4. The SMILES string of the molecule is CCCOc1c(Cl)cc(C(=O)Nc2ccc([N+](=O)[O-])cc2Cl)cc1Cl. The topological polar surface area (TPSA) is 81.5 Å². The van der Waals surface area contributed by atoms with Crippen LogP contribution in [0, 0.1) is 10.1 Å². The molecule has 1 amide bonds. The Morgan fingerprint density at radius 2 is 1.80 bits per heavy atom. The molecule has 0 aliphatic rings. The third-order valence-corrected chi connectivity index (χ3v) is 4.00. The molecule has 0 saturated carbocycles. The summed E-state index contributed by atoms with van der Waals surface area (Å²) in [5.41, 5.74) is 0.260. The lowest BCUT2D eigenvalue weighted by Gasteiger charge is -2.12. The van der Waals surface area contributed by atoms with Gasteiger partial charge in [0.25, 0.3) is 11.6 Å². The van der Waals surface area contributed by atoms with Gasteiger partial charge in [0.2, 0.25) is 0 Å². The minimum atomic E-state index is -0.577. The van der Waals surface area contributed by atoms with Crippen molar-refractivity contribution in [3.63, 3.8) is 0 Å². The molecule has 0 saturated heterocycles. The van der Waals surface area contributed by atoms with E-state index in [0.29, 0.717) is 12.4 Å². The standard InChI is InChI=1S/C16H13Cl3N2O4/c1-2-5-25-15-12(18)6-9(7-13(15)19)16(22)20-14-4-3-10(21(23)24)8-11(14)17/h3-4,6-8H,2,5H2,1H3,(H,20,22). The fraction of sp³-hybridized carbons (Fsp3) is 0.188. The molecule has 2 rings (SSSR count). The highest BCUT2D eigenvalue weighted by Crippen LogP contribution is 2.35. The van der Waals surface area contributed by atoms with Crippen LogP contribution in [0.2, 0.25) is 15.1 Å². The highest BCUT2D eigenvalue weighted by Gasteiger charge is 2.16. The van der Waals surface area contributed by atoms with Crippen molar-refractivity contribution in [1.29, 1.82) is 0 Å².